The van der Waals surface area contributed by atoms with Gasteiger partial charge < -0.3 is 5.32 Å². The number of benzene rings is 2. The highest BCUT2D eigenvalue weighted by Gasteiger charge is 2.11. The van der Waals surface area contributed by atoms with Crippen molar-refractivity contribution in [3.8, 4) is 0 Å². The van der Waals surface area contributed by atoms with Crippen molar-refractivity contribution in [3.63, 3.8) is 0 Å². The molecule has 0 aliphatic carbocycles. The van der Waals surface area contributed by atoms with Crippen molar-refractivity contribution in [2.24, 2.45) is 0 Å². The standard InChI is InChI=1S/C14H9BrCl2N2S/c1-7-2-4-9(16)13(12(7)17)19-14-18-10-6-8(15)3-5-11(10)20-14/h2-6H,1H3,(H,18,19). The first kappa shape index (κ1) is 14.1. The van der Waals surface area contributed by atoms with Crippen molar-refractivity contribution in [2.45, 2.75) is 6.92 Å². The minimum Gasteiger partial charge on any atom is -0.329 e. The highest BCUT2D eigenvalue weighted by Crippen LogP contribution is 2.37. The summed E-state index contributed by atoms with van der Waals surface area (Å²) in [7, 11) is 0. The molecule has 2 aromatic carbocycles. The lowest BCUT2D eigenvalue weighted by Gasteiger charge is -2.09. The Morgan fingerprint density at radius 3 is 2.80 bits per heavy atom. The number of anilines is 2. The van der Waals surface area contributed by atoms with E-state index in [1.807, 2.05) is 37.3 Å². The largest absolute Gasteiger partial charge is 0.329 e. The van der Waals surface area contributed by atoms with Crippen molar-refractivity contribution in [2.75, 3.05) is 5.32 Å². The molecule has 102 valence electrons. The van der Waals surface area contributed by atoms with E-state index >= 15 is 0 Å². The number of halogens is 3. The minimum absolute atomic E-state index is 0.584. The van der Waals surface area contributed by atoms with Gasteiger partial charge in [-0.2, -0.15) is 0 Å². The Morgan fingerprint density at radius 2 is 2.00 bits per heavy atom. The molecule has 2 nitrogen and oxygen atoms in total. The van der Waals surface area contributed by atoms with Gasteiger partial charge in [0.25, 0.3) is 0 Å². The molecule has 1 N–H and O–H groups in total. The summed E-state index contributed by atoms with van der Waals surface area (Å²) in [5.74, 6) is 0. The number of thiazole rings is 1. The van der Waals surface area contributed by atoms with Gasteiger partial charge in [0.1, 0.15) is 0 Å². The second-order valence-corrected chi connectivity index (χ2v) is 7.04. The van der Waals surface area contributed by atoms with Crippen LogP contribution in [0.2, 0.25) is 10.0 Å². The van der Waals surface area contributed by atoms with Gasteiger partial charge in [0.2, 0.25) is 0 Å². The Morgan fingerprint density at radius 1 is 1.20 bits per heavy atom. The number of aryl methyl sites for hydroxylation is 1. The summed E-state index contributed by atoms with van der Waals surface area (Å²) < 4.78 is 2.11. The Bertz CT molecular complexity index is 801. The molecule has 0 aliphatic rings. The highest BCUT2D eigenvalue weighted by atomic mass is 79.9. The molecule has 0 atom stereocenters. The third kappa shape index (κ3) is 2.66. The highest BCUT2D eigenvalue weighted by molar-refractivity contribution is 9.10. The number of nitrogens with one attached hydrogen (secondary N) is 1. The summed E-state index contributed by atoms with van der Waals surface area (Å²) in [6.45, 7) is 1.94. The summed E-state index contributed by atoms with van der Waals surface area (Å²) in [4.78, 5) is 4.54. The first-order valence-corrected chi connectivity index (χ1v) is 8.19. The van der Waals surface area contributed by atoms with Crippen molar-refractivity contribution in [1.82, 2.24) is 4.98 Å². The summed E-state index contributed by atoms with van der Waals surface area (Å²) in [5, 5.41) is 5.20. The van der Waals surface area contributed by atoms with Gasteiger partial charge in [-0.15, -0.1) is 0 Å². The van der Waals surface area contributed by atoms with E-state index in [0.29, 0.717) is 15.7 Å². The van der Waals surface area contributed by atoms with E-state index < -0.39 is 0 Å². The molecule has 0 radical (unpaired) electrons. The van der Waals surface area contributed by atoms with Crippen LogP contribution in [0, 0.1) is 6.92 Å². The van der Waals surface area contributed by atoms with Crippen molar-refractivity contribution < 1.29 is 0 Å². The van der Waals surface area contributed by atoms with Gasteiger partial charge in [-0.05, 0) is 36.8 Å². The maximum atomic E-state index is 6.29. The third-order valence-corrected chi connectivity index (χ3v) is 5.11. The zero-order chi connectivity index (χ0) is 14.3. The fourth-order valence-electron chi connectivity index (χ4n) is 1.83. The van der Waals surface area contributed by atoms with E-state index in [-0.39, 0.29) is 0 Å². The molecule has 0 spiro atoms. The minimum atomic E-state index is 0.584. The van der Waals surface area contributed by atoms with Crippen LogP contribution in [0.4, 0.5) is 10.8 Å². The van der Waals surface area contributed by atoms with E-state index in [0.717, 1.165) is 25.4 Å². The molecule has 0 aliphatic heterocycles. The molecule has 0 saturated heterocycles. The topological polar surface area (TPSA) is 24.9 Å². The average molecular weight is 388 g/mol. The van der Waals surface area contributed by atoms with E-state index in [1.54, 1.807) is 11.3 Å². The lowest BCUT2D eigenvalue weighted by molar-refractivity contribution is 1.41. The number of hydrogen-bond acceptors (Lipinski definition) is 3. The smallest absolute Gasteiger partial charge is 0.188 e. The van der Waals surface area contributed by atoms with Gasteiger partial charge in [0, 0.05) is 4.47 Å². The molecule has 0 saturated carbocycles. The second-order valence-electron chi connectivity index (χ2n) is 4.31. The second kappa shape index (κ2) is 5.53. The molecule has 0 amide bonds. The van der Waals surface area contributed by atoms with E-state index in [1.165, 1.54) is 0 Å². The molecule has 6 heteroatoms. The van der Waals surface area contributed by atoms with Crippen LogP contribution in [0.15, 0.2) is 34.8 Å². The monoisotopic (exact) mass is 386 g/mol. The predicted molar refractivity (Wildman–Crippen MR) is 91.8 cm³/mol. The van der Waals surface area contributed by atoms with Crippen LogP contribution in [-0.2, 0) is 0 Å². The van der Waals surface area contributed by atoms with Gasteiger partial charge in [0.05, 0.1) is 25.9 Å². The van der Waals surface area contributed by atoms with Crippen LogP contribution in [0.3, 0.4) is 0 Å². The number of hydrogen-bond donors (Lipinski definition) is 1. The van der Waals surface area contributed by atoms with Crippen LogP contribution >= 0.6 is 50.5 Å². The van der Waals surface area contributed by atoms with E-state index in [4.69, 9.17) is 23.2 Å². The van der Waals surface area contributed by atoms with Crippen molar-refractivity contribution >= 4 is 71.5 Å². The Hall–Kier alpha value is -0.810. The molecule has 3 rings (SSSR count). The average Bonchev–Trinajstić information content (AvgIpc) is 2.81. The Balaban J connectivity index is 2.03. The number of fused-ring (bicyclic) bond motifs is 1. The maximum absolute atomic E-state index is 6.29. The third-order valence-electron chi connectivity index (χ3n) is 2.87. The first-order chi connectivity index (χ1) is 9.54. The molecule has 20 heavy (non-hydrogen) atoms. The zero-order valence-corrected chi connectivity index (χ0v) is 14.3. The van der Waals surface area contributed by atoms with Gasteiger partial charge in [0.15, 0.2) is 5.13 Å². The molecule has 0 unspecified atom stereocenters. The summed E-state index contributed by atoms with van der Waals surface area (Å²) in [5.41, 5.74) is 2.61. The normalized spacial score (nSPS) is 11.0. The molecular weight excluding hydrogens is 379 g/mol. The molecule has 1 aromatic heterocycles. The zero-order valence-electron chi connectivity index (χ0n) is 10.4. The number of rotatable bonds is 2. The summed E-state index contributed by atoms with van der Waals surface area (Å²) in [6, 6.07) is 9.73. The fourth-order valence-corrected chi connectivity index (χ4v) is 3.50. The van der Waals surface area contributed by atoms with Crippen LogP contribution in [0.25, 0.3) is 10.2 Å². The molecule has 0 fully saturated rings. The summed E-state index contributed by atoms with van der Waals surface area (Å²) >= 11 is 17.5. The Labute approximate surface area is 138 Å². The number of aromatic nitrogens is 1. The molecule has 3 aromatic rings. The lowest BCUT2D eigenvalue weighted by atomic mass is 10.2. The molecular formula is C14H9BrCl2N2S. The fraction of sp³-hybridized carbons (Fsp3) is 0.0714. The maximum Gasteiger partial charge on any atom is 0.188 e. The Kier molecular flexibility index (Phi) is 3.91. The lowest BCUT2D eigenvalue weighted by Crippen LogP contribution is -1.93. The predicted octanol–water partition coefficient (Wildman–Crippen LogP) is 6.42. The number of nitrogens with zero attached hydrogens (tertiary/aromatic N) is 1. The van der Waals surface area contributed by atoms with E-state index in [9.17, 15) is 0 Å². The van der Waals surface area contributed by atoms with Gasteiger partial charge in [-0.3, -0.25) is 0 Å². The van der Waals surface area contributed by atoms with Crippen molar-refractivity contribution in [1.29, 1.82) is 0 Å². The van der Waals surface area contributed by atoms with Crippen LogP contribution in [0.5, 0.6) is 0 Å². The summed E-state index contributed by atoms with van der Waals surface area (Å²) in [6.07, 6.45) is 0. The van der Waals surface area contributed by atoms with Crippen LogP contribution in [-0.4, -0.2) is 4.98 Å². The first-order valence-electron chi connectivity index (χ1n) is 5.82. The van der Waals surface area contributed by atoms with E-state index in [2.05, 4.69) is 26.2 Å². The molecule has 0 bridgehead atoms. The van der Waals surface area contributed by atoms with Crippen LogP contribution < -0.4 is 5.32 Å². The van der Waals surface area contributed by atoms with Gasteiger partial charge >= 0.3 is 0 Å². The van der Waals surface area contributed by atoms with Crippen LogP contribution in [0.1, 0.15) is 5.56 Å². The van der Waals surface area contributed by atoms with Crippen molar-refractivity contribution in [3.05, 3.63) is 50.4 Å². The quantitative estimate of drug-likeness (QED) is 0.548. The van der Waals surface area contributed by atoms with Gasteiger partial charge in [-0.1, -0.05) is 56.5 Å². The molecule has 1 heterocycles. The van der Waals surface area contributed by atoms with Gasteiger partial charge in [-0.25, -0.2) is 4.98 Å². The SMILES string of the molecule is Cc1ccc(Cl)c(Nc2nc3cc(Br)ccc3s2)c1Cl.